The summed E-state index contributed by atoms with van der Waals surface area (Å²) in [6.07, 6.45) is 59.6. The molecule has 0 amide bonds. The van der Waals surface area contributed by atoms with Crippen LogP contribution in [0.15, 0.2) is 48.6 Å². The van der Waals surface area contributed by atoms with Gasteiger partial charge < -0.3 is 14.2 Å². The van der Waals surface area contributed by atoms with Crippen LogP contribution in [-0.4, -0.2) is 37.2 Å². The number of carbonyl (C=O) groups is 3. The Labute approximate surface area is 378 Å². The van der Waals surface area contributed by atoms with Crippen LogP contribution in [0.5, 0.6) is 0 Å². The minimum Gasteiger partial charge on any atom is -0.462 e. The minimum absolute atomic E-state index is 0.0933. The van der Waals surface area contributed by atoms with Crippen LogP contribution in [0.25, 0.3) is 0 Å². The average Bonchev–Trinajstić information content (AvgIpc) is 3.26. The van der Waals surface area contributed by atoms with Crippen molar-refractivity contribution in [2.75, 3.05) is 13.2 Å². The highest BCUT2D eigenvalue weighted by Crippen LogP contribution is 2.15. The zero-order chi connectivity index (χ0) is 44.4. The highest BCUT2D eigenvalue weighted by molar-refractivity contribution is 5.71. The summed E-state index contributed by atoms with van der Waals surface area (Å²) < 4.78 is 16.7. The van der Waals surface area contributed by atoms with Gasteiger partial charge in [-0.15, -0.1) is 0 Å². The minimum atomic E-state index is -0.791. The molecule has 1 unspecified atom stereocenters. The summed E-state index contributed by atoms with van der Waals surface area (Å²) in [5.41, 5.74) is 0. The first-order valence-electron chi connectivity index (χ1n) is 26.2. The molecular formula is C55H98O6. The number of esters is 3. The molecule has 0 N–H and O–H groups in total. The van der Waals surface area contributed by atoms with Crippen molar-refractivity contribution in [2.24, 2.45) is 0 Å². The molecule has 0 saturated carbocycles. The normalized spacial score (nSPS) is 12.4. The summed E-state index contributed by atoms with van der Waals surface area (Å²) in [4.78, 5) is 37.9. The summed E-state index contributed by atoms with van der Waals surface area (Å²) in [5.74, 6) is -0.937. The van der Waals surface area contributed by atoms with Crippen molar-refractivity contribution >= 4 is 17.9 Å². The van der Waals surface area contributed by atoms with E-state index < -0.39 is 6.10 Å². The lowest BCUT2D eigenvalue weighted by molar-refractivity contribution is -0.167. The predicted octanol–water partition coefficient (Wildman–Crippen LogP) is 17.1. The Hall–Kier alpha value is -2.63. The summed E-state index contributed by atoms with van der Waals surface area (Å²) in [7, 11) is 0. The van der Waals surface area contributed by atoms with Gasteiger partial charge in [-0.2, -0.15) is 0 Å². The number of carbonyl (C=O) groups excluding carboxylic acids is 3. The number of hydrogen-bond donors (Lipinski definition) is 0. The number of unbranched alkanes of at least 4 members (excludes halogenated alkanes) is 30. The van der Waals surface area contributed by atoms with Gasteiger partial charge in [-0.25, -0.2) is 0 Å². The van der Waals surface area contributed by atoms with Crippen LogP contribution in [-0.2, 0) is 28.6 Å². The molecule has 354 valence electrons. The number of ether oxygens (including phenoxy) is 3. The van der Waals surface area contributed by atoms with Crippen molar-refractivity contribution in [2.45, 2.75) is 271 Å². The van der Waals surface area contributed by atoms with Crippen molar-refractivity contribution in [3.8, 4) is 0 Å². The third-order valence-corrected chi connectivity index (χ3v) is 11.4. The fourth-order valence-electron chi connectivity index (χ4n) is 7.35. The fourth-order valence-corrected chi connectivity index (χ4v) is 7.35. The van der Waals surface area contributed by atoms with E-state index in [1.54, 1.807) is 0 Å². The van der Waals surface area contributed by atoms with Crippen LogP contribution >= 0.6 is 0 Å². The lowest BCUT2D eigenvalue weighted by Gasteiger charge is -2.18. The van der Waals surface area contributed by atoms with E-state index in [9.17, 15) is 14.4 Å². The number of rotatable bonds is 47. The van der Waals surface area contributed by atoms with Gasteiger partial charge in [0, 0.05) is 19.3 Å². The molecule has 6 heteroatoms. The second-order valence-electron chi connectivity index (χ2n) is 17.5. The summed E-state index contributed by atoms with van der Waals surface area (Å²) >= 11 is 0. The first-order chi connectivity index (χ1) is 30.0. The van der Waals surface area contributed by atoms with E-state index in [2.05, 4.69) is 69.4 Å². The Morgan fingerprint density at radius 3 is 0.934 bits per heavy atom. The van der Waals surface area contributed by atoms with E-state index in [0.29, 0.717) is 19.3 Å². The Bertz CT molecular complexity index is 1070. The van der Waals surface area contributed by atoms with E-state index in [4.69, 9.17) is 14.2 Å². The molecular weight excluding hydrogens is 757 g/mol. The Morgan fingerprint density at radius 2 is 0.590 bits per heavy atom. The third kappa shape index (κ3) is 48.3. The van der Waals surface area contributed by atoms with Crippen molar-refractivity contribution in [3.63, 3.8) is 0 Å². The lowest BCUT2D eigenvalue weighted by atomic mass is 10.0. The molecule has 0 aromatic carbocycles. The molecule has 0 aromatic rings. The molecule has 0 aliphatic heterocycles. The monoisotopic (exact) mass is 855 g/mol. The Kier molecular flexibility index (Phi) is 47.9. The van der Waals surface area contributed by atoms with Crippen molar-refractivity contribution < 1.29 is 28.6 Å². The van der Waals surface area contributed by atoms with Gasteiger partial charge in [0.05, 0.1) is 0 Å². The van der Waals surface area contributed by atoms with Gasteiger partial charge in [-0.05, 0) is 64.2 Å². The Balaban J connectivity index is 4.40. The molecule has 0 fully saturated rings. The largest absolute Gasteiger partial charge is 0.462 e. The molecule has 0 rings (SSSR count). The van der Waals surface area contributed by atoms with Crippen LogP contribution in [0.4, 0.5) is 0 Å². The molecule has 0 bridgehead atoms. The van der Waals surface area contributed by atoms with Gasteiger partial charge >= 0.3 is 17.9 Å². The molecule has 6 nitrogen and oxygen atoms in total. The van der Waals surface area contributed by atoms with Gasteiger partial charge in [-0.3, -0.25) is 14.4 Å². The molecule has 1 atom stereocenters. The molecule has 61 heavy (non-hydrogen) atoms. The zero-order valence-electron chi connectivity index (χ0n) is 40.4. The highest BCUT2D eigenvalue weighted by atomic mass is 16.6. The highest BCUT2D eigenvalue weighted by Gasteiger charge is 2.19. The van der Waals surface area contributed by atoms with Crippen molar-refractivity contribution in [1.82, 2.24) is 0 Å². The molecule has 0 aromatic heterocycles. The lowest BCUT2D eigenvalue weighted by Crippen LogP contribution is -2.30. The van der Waals surface area contributed by atoms with E-state index in [1.807, 2.05) is 0 Å². The van der Waals surface area contributed by atoms with Crippen LogP contribution in [0.3, 0.4) is 0 Å². The molecule has 0 heterocycles. The van der Waals surface area contributed by atoms with Gasteiger partial charge in [0.15, 0.2) is 6.10 Å². The van der Waals surface area contributed by atoms with E-state index in [1.165, 1.54) is 141 Å². The quantitative estimate of drug-likeness (QED) is 0.0263. The van der Waals surface area contributed by atoms with Crippen LogP contribution in [0.2, 0.25) is 0 Å². The average molecular weight is 855 g/mol. The van der Waals surface area contributed by atoms with E-state index in [0.717, 1.165) is 83.5 Å². The molecule has 0 radical (unpaired) electrons. The molecule has 0 saturated heterocycles. The van der Waals surface area contributed by atoms with E-state index >= 15 is 0 Å². The second kappa shape index (κ2) is 50.0. The third-order valence-electron chi connectivity index (χ3n) is 11.4. The SMILES string of the molecule is CCCC/C=C\C=C/CCCCCC(=O)OCC(COC(=O)CCCCC/C=C\C=C/CCCCCCCCC)OC(=O)CCCCCCCCCCCCCCCCCC. The van der Waals surface area contributed by atoms with Gasteiger partial charge in [0.25, 0.3) is 0 Å². The predicted molar refractivity (Wildman–Crippen MR) is 261 cm³/mol. The van der Waals surface area contributed by atoms with Crippen molar-refractivity contribution in [1.29, 1.82) is 0 Å². The summed E-state index contributed by atoms with van der Waals surface area (Å²) in [5, 5.41) is 0. The topological polar surface area (TPSA) is 78.9 Å². The number of allylic oxidation sites excluding steroid dienone is 8. The van der Waals surface area contributed by atoms with Gasteiger partial charge in [-0.1, -0.05) is 230 Å². The standard InChI is InChI=1S/C55H98O6/c1-4-7-10-13-16-19-22-24-26-28-30-33-36-39-42-45-48-54(57)60-51-52(50-59-53(56)47-44-41-38-35-32-21-18-15-12-9-6-3)61-55(58)49-46-43-40-37-34-31-29-27-25-23-20-17-14-11-8-5-2/h15,18,21,26,28,30,32-33,52H,4-14,16-17,19-20,22-25,27,29,31,34-51H2,1-3H3/b18-15-,28-26-,32-21-,33-30-. The second-order valence-corrected chi connectivity index (χ2v) is 17.5. The maximum atomic E-state index is 12.8. The number of hydrogen-bond acceptors (Lipinski definition) is 6. The van der Waals surface area contributed by atoms with Gasteiger partial charge in [0.1, 0.15) is 13.2 Å². The fraction of sp³-hybridized carbons (Fsp3) is 0.800. The van der Waals surface area contributed by atoms with Crippen LogP contribution < -0.4 is 0 Å². The maximum Gasteiger partial charge on any atom is 0.306 e. The smallest absolute Gasteiger partial charge is 0.306 e. The molecule has 0 aliphatic carbocycles. The summed E-state index contributed by atoms with van der Waals surface area (Å²) in [6, 6.07) is 0. The van der Waals surface area contributed by atoms with Crippen LogP contribution in [0.1, 0.15) is 265 Å². The molecule has 0 aliphatic rings. The summed E-state index contributed by atoms with van der Waals surface area (Å²) in [6.45, 7) is 6.55. The van der Waals surface area contributed by atoms with E-state index in [-0.39, 0.29) is 31.1 Å². The molecule has 0 spiro atoms. The Morgan fingerprint density at radius 1 is 0.328 bits per heavy atom. The van der Waals surface area contributed by atoms with Gasteiger partial charge in [0.2, 0.25) is 0 Å². The first-order valence-corrected chi connectivity index (χ1v) is 26.2. The first kappa shape index (κ1) is 58.4. The van der Waals surface area contributed by atoms with Crippen molar-refractivity contribution in [3.05, 3.63) is 48.6 Å². The zero-order valence-corrected chi connectivity index (χ0v) is 40.4. The van der Waals surface area contributed by atoms with Crippen LogP contribution in [0, 0.1) is 0 Å². The maximum absolute atomic E-state index is 12.8.